The van der Waals surface area contributed by atoms with Crippen LogP contribution in [-0.4, -0.2) is 0 Å². The fourth-order valence-corrected chi connectivity index (χ4v) is 2.52. The number of halogens is 1. The summed E-state index contributed by atoms with van der Waals surface area (Å²) in [5.74, 6) is 0. The molecule has 0 saturated heterocycles. The van der Waals surface area contributed by atoms with E-state index in [9.17, 15) is 4.39 Å². The molecule has 0 unspecified atom stereocenters. The molecular weight excluding hydrogens is 235 g/mol. The molecular formula is C18H35F. The van der Waals surface area contributed by atoms with Crippen molar-refractivity contribution < 1.29 is 4.39 Å². The Kier molecular flexibility index (Phi) is 17.4. The van der Waals surface area contributed by atoms with Crippen LogP contribution >= 0.6 is 0 Å². The fourth-order valence-electron chi connectivity index (χ4n) is 2.52. The molecule has 0 N–H and O–H groups in total. The van der Waals surface area contributed by atoms with Crippen LogP contribution in [0, 0.1) is 0 Å². The van der Waals surface area contributed by atoms with E-state index in [2.05, 4.69) is 6.92 Å². The second-order valence-electron chi connectivity index (χ2n) is 5.75. The summed E-state index contributed by atoms with van der Waals surface area (Å²) in [4.78, 5) is 0. The molecule has 0 nitrogen and oxygen atoms in total. The molecule has 0 amide bonds. The average Bonchev–Trinajstić information content (AvgIpc) is 2.43. The van der Waals surface area contributed by atoms with Gasteiger partial charge in [0.2, 0.25) is 0 Å². The van der Waals surface area contributed by atoms with Crippen LogP contribution in [0.4, 0.5) is 4.39 Å². The molecule has 0 aliphatic heterocycles. The maximum atomic E-state index is 11.7. The molecule has 0 atom stereocenters. The van der Waals surface area contributed by atoms with Crippen molar-refractivity contribution in [3.8, 4) is 0 Å². The third-order valence-electron chi connectivity index (χ3n) is 3.81. The van der Waals surface area contributed by atoms with Gasteiger partial charge in [-0.3, -0.25) is 0 Å². The Morgan fingerprint density at radius 2 is 0.947 bits per heavy atom. The minimum Gasteiger partial charge on any atom is -0.216 e. The van der Waals surface area contributed by atoms with Crippen molar-refractivity contribution in [2.75, 3.05) is 0 Å². The molecule has 0 bridgehead atoms. The van der Waals surface area contributed by atoms with Gasteiger partial charge in [-0.05, 0) is 12.8 Å². The van der Waals surface area contributed by atoms with Crippen molar-refractivity contribution in [2.24, 2.45) is 0 Å². The Labute approximate surface area is 120 Å². The van der Waals surface area contributed by atoms with Crippen molar-refractivity contribution in [1.82, 2.24) is 0 Å². The molecule has 0 radical (unpaired) electrons. The fraction of sp³-hybridized carbons (Fsp3) is 0.889. The van der Waals surface area contributed by atoms with Gasteiger partial charge >= 0.3 is 0 Å². The lowest BCUT2D eigenvalue weighted by molar-refractivity contribution is 0.536. The first-order valence-electron chi connectivity index (χ1n) is 8.67. The van der Waals surface area contributed by atoms with E-state index in [1.54, 1.807) is 6.08 Å². The summed E-state index contributed by atoms with van der Waals surface area (Å²) in [5, 5.41) is 0. The number of rotatable bonds is 15. The molecule has 0 saturated carbocycles. The second kappa shape index (κ2) is 17.7. The van der Waals surface area contributed by atoms with E-state index in [1.165, 1.54) is 83.5 Å². The normalized spacial score (nSPS) is 11.5. The molecule has 0 heterocycles. The lowest BCUT2D eigenvalue weighted by Crippen LogP contribution is -1.83. The van der Waals surface area contributed by atoms with E-state index in [-0.39, 0.29) is 0 Å². The van der Waals surface area contributed by atoms with E-state index >= 15 is 0 Å². The van der Waals surface area contributed by atoms with E-state index in [4.69, 9.17) is 0 Å². The van der Waals surface area contributed by atoms with Crippen LogP contribution < -0.4 is 0 Å². The first kappa shape index (κ1) is 18.7. The molecule has 0 fully saturated rings. The van der Waals surface area contributed by atoms with Crippen LogP contribution in [-0.2, 0) is 0 Å². The minimum atomic E-state index is 0.669. The smallest absolute Gasteiger partial charge is 0.0827 e. The molecule has 0 spiro atoms. The highest BCUT2D eigenvalue weighted by Crippen LogP contribution is 2.13. The predicted octanol–water partition coefficient (Wildman–Crippen LogP) is 7.34. The summed E-state index contributed by atoms with van der Waals surface area (Å²) >= 11 is 0. The second-order valence-corrected chi connectivity index (χ2v) is 5.75. The van der Waals surface area contributed by atoms with E-state index in [1.807, 2.05) is 0 Å². The first-order valence-corrected chi connectivity index (χ1v) is 8.67. The van der Waals surface area contributed by atoms with E-state index in [0.717, 1.165) is 12.8 Å². The molecule has 0 aromatic carbocycles. The van der Waals surface area contributed by atoms with Crippen molar-refractivity contribution in [2.45, 2.75) is 103 Å². The minimum absolute atomic E-state index is 0.669. The number of hydrogen-bond donors (Lipinski definition) is 0. The van der Waals surface area contributed by atoms with Crippen LogP contribution in [0.15, 0.2) is 12.4 Å². The number of allylic oxidation sites excluding steroid dienone is 1. The number of unbranched alkanes of at least 4 members (excludes halogenated alkanes) is 14. The topological polar surface area (TPSA) is 0 Å². The van der Waals surface area contributed by atoms with Crippen molar-refractivity contribution in [1.29, 1.82) is 0 Å². The SMILES string of the molecule is CCCCCCCCCCCCCCCCC=CF. The van der Waals surface area contributed by atoms with Crippen LogP contribution in [0.5, 0.6) is 0 Å². The Morgan fingerprint density at radius 1 is 0.579 bits per heavy atom. The predicted molar refractivity (Wildman–Crippen MR) is 85.2 cm³/mol. The highest BCUT2D eigenvalue weighted by Gasteiger charge is 1.93. The van der Waals surface area contributed by atoms with E-state index in [0.29, 0.717) is 6.33 Å². The lowest BCUT2D eigenvalue weighted by atomic mass is 10.0. The molecule has 1 heteroatoms. The summed E-state index contributed by atoms with van der Waals surface area (Å²) in [7, 11) is 0. The first-order chi connectivity index (χ1) is 9.41. The summed E-state index contributed by atoms with van der Waals surface area (Å²) in [6, 6.07) is 0. The quantitative estimate of drug-likeness (QED) is 0.273. The zero-order valence-corrected chi connectivity index (χ0v) is 13.1. The van der Waals surface area contributed by atoms with Crippen LogP contribution in [0.3, 0.4) is 0 Å². The summed E-state index contributed by atoms with van der Waals surface area (Å²) in [5.41, 5.74) is 0. The maximum absolute atomic E-state index is 11.7. The molecule has 0 rings (SSSR count). The van der Waals surface area contributed by atoms with Gasteiger partial charge in [0.25, 0.3) is 0 Å². The van der Waals surface area contributed by atoms with Crippen molar-refractivity contribution in [3.63, 3.8) is 0 Å². The molecule has 0 aromatic heterocycles. The van der Waals surface area contributed by atoms with Crippen molar-refractivity contribution in [3.05, 3.63) is 12.4 Å². The van der Waals surface area contributed by atoms with Gasteiger partial charge in [0.15, 0.2) is 0 Å². The monoisotopic (exact) mass is 270 g/mol. The summed E-state index contributed by atoms with van der Waals surface area (Å²) in [6.07, 6.45) is 22.5. The molecule has 114 valence electrons. The molecule has 0 aromatic rings. The number of hydrogen-bond acceptors (Lipinski definition) is 0. The standard InChI is InChI=1S/C18H35F/c1-2-3-4-5-6-7-8-9-10-11-12-13-14-15-16-17-18-19/h17-18H,2-16H2,1H3. The highest BCUT2D eigenvalue weighted by atomic mass is 19.1. The van der Waals surface area contributed by atoms with Gasteiger partial charge in [0.1, 0.15) is 0 Å². The third kappa shape index (κ3) is 17.7. The van der Waals surface area contributed by atoms with Gasteiger partial charge in [-0.1, -0.05) is 96.5 Å². The summed E-state index contributed by atoms with van der Waals surface area (Å²) < 4.78 is 11.7. The lowest BCUT2D eigenvalue weighted by Gasteiger charge is -2.02. The Bertz CT molecular complexity index is 175. The molecule has 0 aliphatic rings. The largest absolute Gasteiger partial charge is 0.216 e. The Balaban J connectivity index is 2.91. The maximum Gasteiger partial charge on any atom is 0.0827 e. The van der Waals surface area contributed by atoms with Gasteiger partial charge in [0, 0.05) is 0 Å². The van der Waals surface area contributed by atoms with Gasteiger partial charge in [0.05, 0.1) is 6.33 Å². The van der Waals surface area contributed by atoms with Crippen LogP contribution in [0.1, 0.15) is 103 Å². The van der Waals surface area contributed by atoms with Crippen LogP contribution in [0.2, 0.25) is 0 Å². The zero-order chi connectivity index (χ0) is 14.0. The Hall–Kier alpha value is -0.330. The highest BCUT2D eigenvalue weighted by molar-refractivity contribution is 4.71. The van der Waals surface area contributed by atoms with Gasteiger partial charge in [-0.15, -0.1) is 0 Å². The van der Waals surface area contributed by atoms with Crippen molar-refractivity contribution >= 4 is 0 Å². The van der Waals surface area contributed by atoms with Gasteiger partial charge in [-0.2, -0.15) is 0 Å². The zero-order valence-electron chi connectivity index (χ0n) is 13.1. The van der Waals surface area contributed by atoms with Crippen LogP contribution in [0.25, 0.3) is 0 Å². The molecule has 0 aliphatic carbocycles. The average molecular weight is 270 g/mol. The van der Waals surface area contributed by atoms with E-state index < -0.39 is 0 Å². The summed E-state index contributed by atoms with van der Waals surface area (Å²) in [6.45, 7) is 2.28. The molecule has 19 heavy (non-hydrogen) atoms. The third-order valence-corrected chi connectivity index (χ3v) is 3.81. The van der Waals surface area contributed by atoms with Gasteiger partial charge in [-0.25, -0.2) is 4.39 Å². The van der Waals surface area contributed by atoms with Gasteiger partial charge < -0.3 is 0 Å². The Morgan fingerprint density at radius 3 is 1.32 bits per heavy atom.